The number of esters is 1. The molecule has 0 fully saturated rings. The van der Waals surface area contributed by atoms with Crippen molar-refractivity contribution in [2.24, 2.45) is 0 Å². The number of ether oxygens (including phenoxy) is 3. The van der Waals surface area contributed by atoms with Crippen molar-refractivity contribution in [1.82, 2.24) is 4.90 Å². The van der Waals surface area contributed by atoms with E-state index in [2.05, 4.69) is 0 Å². The molecule has 7 heteroatoms. The summed E-state index contributed by atoms with van der Waals surface area (Å²) in [6, 6.07) is 11.4. The van der Waals surface area contributed by atoms with Crippen molar-refractivity contribution < 1.29 is 28.6 Å². The summed E-state index contributed by atoms with van der Waals surface area (Å²) < 4.78 is 15.3. The van der Waals surface area contributed by atoms with Gasteiger partial charge >= 0.3 is 5.97 Å². The van der Waals surface area contributed by atoms with E-state index in [-0.39, 0.29) is 16.8 Å². The molecule has 1 heterocycles. The summed E-state index contributed by atoms with van der Waals surface area (Å²) in [7, 11) is 4.15. The van der Waals surface area contributed by atoms with Gasteiger partial charge in [0.05, 0.1) is 32.5 Å². The Hall–Kier alpha value is -3.61. The maximum absolute atomic E-state index is 12.7. The van der Waals surface area contributed by atoms with Gasteiger partial charge in [-0.25, -0.2) is 9.69 Å². The SMILES string of the molecule is COC(=O)/C(=C\c1cc(OC)ccc1OC)N1C(=O)c2ccccc2C1=O. The van der Waals surface area contributed by atoms with Crippen LogP contribution in [0.1, 0.15) is 26.3 Å². The standard InChI is InChI=1S/C20H17NO6/c1-25-13-8-9-17(26-2)12(10-13)11-16(20(24)27-3)21-18(22)14-6-4-5-7-15(14)19(21)23/h4-11H,1-3H3/b16-11+. The molecule has 1 aliphatic heterocycles. The minimum atomic E-state index is -0.825. The van der Waals surface area contributed by atoms with E-state index in [1.807, 2.05) is 0 Å². The number of amides is 2. The number of imide groups is 1. The molecule has 0 unspecified atom stereocenters. The molecular formula is C20H17NO6. The Morgan fingerprint density at radius 3 is 2.07 bits per heavy atom. The summed E-state index contributed by atoms with van der Waals surface area (Å²) in [5, 5.41) is 0. The number of rotatable bonds is 5. The fraction of sp³-hybridized carbons (Fsp3) is 0.150. The van der Waals surface area contributed by atoms with Gasteiger partial charge in [-0.3, -0.25) is 9.59 Å². The Balaban J connectivity index is 2.15. The van der Waals surface area contributed by atoms with Crippen LogP contribution in [0.2, 0.25) is 0 Å². The molecule has 7 nitrogen and oxygen atoms in total. The van der Waals surface area contributed by atoms with Crippen LogP contribution in [0.15, 0.2) is 48.2 Å². The lowest BCUT2D eigenvalue weighted by molar-refractivity contribution is -0.137. The zero-order valence-electron chi connectivity index (χ0n) is 15.0. The molecule has 138 valence electrons. The highest BCUT2D eigenvalue weighted by atomic mass is 16.5. The van der Waals surface area contributed by atoms with Crippen molar-refractivity contribution in [3.8, 4) is 11.5 Å². The molecule has 0 aliphatic carbocycles. The predicted molar refractivity (Wildman–Crippen MR) is 96.5 cm³/mol. The first-order valence-corrected chi connectivity index (χ1v) is 8.01. The van der Waals surface area contributed by atoms with Crippen LogP contribution in [0.4, 0.5) is 0 Å². The van der Waals surface area contributed by atoms with E-state index >= 15 is 0 Å². The third kappa shape index (κ3) is 3.15. The number of benzene rings is 2. The Labute approximate surface area is 155 Å². The summed E-state index contributed by atoms with van der Waals surface area (Å²) in [5.41, 5.74) is 0.703. The van der Waals surface area contributed by atoms with Gasteiger partial charge in [-0.05, 0) is 36.4 Å². The largest absolute Gasteiger partial charge is 0.497 e. The first kappa shape index (κ1) is 18.2. The summed E-state index contributed by atoms with van der Waals surface area (Å²) in [5.74, 6) is -1.04. The highest BCUT2D eigenvalue weighted by Crippen LogP contribution is 2.31. The Morgan fingerprint density at radius 1 is 0.926 bits per heavy atom. The first-order valence-electron chi connectivity index (χ1n) is 8.01. The van der Waals surface area contributed by atoms with E-state index in [1.165, 1.54) is 39.5 Å². The molecule has 0 atom stereocenters. The fourth-order valence-electron chi connectivity index (χ4n) is 2.83. The number of carbonyl (C=O) groups is 3. The number of hydrogen-bond acceptors (Lipinski definition) is 6. The van der Waals surface area contributed by atoms with Crippen molar-refractivity contribution in [3.05, 3.63) is 64.9 Å². The topological polar surface area (TPSA) is 82.1 Å². The number of carbonyl (C=O) groups excluding carboxylic acids is 3. The lowest BCUT2D eigenvalue weighted by atomic mass is 10.1. The van der Waals surface area contributed by atoms with E-state index in [0.717, 1.165) is 4.90 Å². The van der Waals surface area contributed by atoms with Gasteiger partial charge in [0.15, 0.2) is 0 Å². The van der Waals surface area contributed by atoms with Gasteiger partial charge in [0.1, 0.15) is 17.2 Å². The van der Waals surface area contributed by atoms with Crippen molar-refractivity contribution in [3.63, 3.8) is 0 Å². The molecule has 2 aromatic rings. The van der Waals surface area contributed by atoms with Gasteiger partial charge in [0.25, 0.3) is 11.8 Å². The molecule has 1 aliphatic rings. The maximum Gasteiger partial charge on any atom is 0.355 e. The van der Waals surface area contributed by atoms with Crippen molar-refractivity contribution in [2.45, 2.75) is 0 Å². The third-order valence-electron chi connectivity index (χ3n) is 4.16. The molecule has 27 heavy (non-hydrogen) atoms. The molecule has 0 spiro atoms. The van der Waals surface area contributed by atoms with Gasteiger partial charge in [-0.1, -0.05) is 12.1 Å². The fourth-order valence-corrected chi connectivity index (χ4v) is 2.83. The zero-order valence-corrected chi connectivity index (χ0v) is 15.0. The second kappa shape index (κ2) is 7.33. The number of methoxy groups -OCH3 is 3. The molecule has 0 radical (unpaired) electrons. The van der Waals surface area contributed by atoms with Crippen molar-refractivity contribution >= 4 is 23.9 Å². The van der Waals surface area contributed by atoms with Gasteiger partial charge < -0.3 is 14.2 Å². The van der Waals surface area contributed by atoms with Crippen LogP contribution < -0.4 is 9.47 Å². The minimum Gasteiger partial charge on any atom is -0.497 e. The quantitative estimate of drug-likeness (QED) is 0.459. The smallest absolute Gasteiger partial charge is 0.355 e. The second-order valence-electron chi connectivity index (χ2n) is 5.62. The predicted octanol–water partition coefficient (Wildman–Crippen LogP) is 2.51. The van der Waals surface area contributed by atoms with Crippen molar-refractivity contribution in [1.29, 1.82) is 0 Å². The van der Waals surface area contributed by atoms with Crippen LogP contribution in [-0.4, -0.2) is 44.0 Å². The highest BCUT2D eigenvalue weighted by Gasteiger charge is 2.40. The van der Waals surface area contributed by atoms with E-state index in [0.29, 0.717) is 17.1 Å². The number of nitrogens with zero attached hydrogens (tertiary/aromatic N) is 1. The summed E-state index contributed by atoms with van der Waals surface area (Å²) in [4.78, 5) is 38.7. The molecular weight excluding hydrogens is 350 g/mol. The Kier molecular flexibility index (Phi) is 4.94. The lowest BCUT2D eigenvalue weighted by Crippen LogP contribution is -2.33. The zero-order chi connectivity index (χ0) is 19.6. The lowest BCUT2D eigenvalue weighted by Gasteiger charge is -2.17. The molecule has 0 bridgehead atoms. The molecule has 0 N–H and O–H groups in total. The number of hydrogen-bond donors (Lipinski definition) is 0. The maximum atomic E-state index is 12.7. The van der Waals surface area contributed by atoms with Gasteiger partial charge in [-0.15, -0.1) is 0 Å². The third-order valence-corrected chi connectivity index (χ3v) is 4.16. The van der Waals surface area contributed by atoms with E-state index in [9.17, 15) is 14.4 Å². The van der Waals surface area contributed by atoms with Crippen LogP contribution in [0.25, 0.3) is 6.08 Å². The average molecular weight is 367 g/mol. The highest BCUT2D eigenvalue weighted by molar-refractivity contribution is 6.25. The first-order chi connectivity index (χ1) is 13.0. The van der Waals surface area contributed by atoms with Crippen LogP contribution >= 0.6 is 0 Å². The van der Waals surface area contributed by atoms with Gasteiger partial charge in [-0.2, -0.15) is 0 Å². The van der Waals surface area contributed by atoms with E-state index in [1.54, 1.807) is 30.3 Å². The van der Waals surface area contributed by atoms with Crippen LogP contribution in [-0.2, 0) is 9.53 Å². The molecule has 0 saturated heterocycles. The van der Waals surface area contributed by atoms with E-state index < -0.39 is 17.8 Å². The van der Waals surface area contributed by atoms with Crippen LogP contribution in [0.5, 0.6) is 11.5 Å². The van der Waals surface area contributed by atoms with Crippen LogP contribution in [0.3, 0.4) is 0 Å². The molecule has 0 saturated carbocycles. The molecule has 2 amide bonds. The van der Waals surface area contributed by atoms with Gasteiger partial charge in [0, 0.05) is 5.56 Å². The van der Waals surface area contributed by atoms with Crippen LogP contribution in [0, 0.1) is 0 Å². The summed E-state index contributed by atoms with van der Waals surface area (Å²) >= 11 is 0. The van der Waals surface area contributed by atoms with Gasteiger partial charge in [0.2, 0.25) is 0 Å². The van der Waals surface area contributed by atoms with E-state index in [4.69, 9.17) is 14.2 Å². The van der Waals surface area contributed by atoms with Crippen molar-refractivity contribution in [2.75, 3.05) is 21.3 Å². The summed E-state index contributed by atoms with van der Waals surface area (Å²) in [6.07, 6.45) is 1.37. The molecule has 0 aromatic heterocycles. The normalized spacial score (nSPS) is 13.4. The summed E-state index contributed by atoms with van der Waals surface area (Å²) in [6.45, 7) is 0. The average Bonchev–Trinajstić information content (AvgIpc) is 2.96. The Morgan fingerprint density at radius 2 is 1.56 bits per heavy atom. The second-order valence-corrected chi connectivity index (χ2v) is 5.62. The number of fused-ring (bicyclic) bond motifs is 1. The Bertz CT molecular complexity index is 928. The molecule has 3 rings (SSSR count). The molecule has 2 aromatic carbocycles. The minimum absolute atomic E-state index is 0.213. The monoisotopic (exact) mass is 367 g/mol.